The average molecular weight is 468 g/mol. The lowest BCUT2D eigenvalue weighted by Crippen LogP contribution is -2.62. The van der Waals surface area contributed by atoms with Crippen LogP contribution in [-0.4, -0.2) is 97.6 Å². The Kier molecular flexibility index (Phi) is 9.43. The summed E-state index contributed by atoms with van der Waals surface area (Å²) in [4.78, 5) is 22.5. The number of carboxylic acid groups (broad SMARTS) is 2. The van der Waals surface area contributed by atoms with Gasteiger partial charge in [0.2, 0.25) is 6.29 Å². The summed E-state index contributed by atoms with van der Waals surface area (Å²) in [5.74, 6) is -2.32. The fourth-order valence-corrected chi connectivity index (χ4v) is 3.59. The molecular formula is C20H36O12. The highest BCUT2D eigenvalue weighted by Crippen LogP contribution is 2.39. The van der Waals surface area contributed by atoms with E-state index in [9.17, 15) is 35.1 Å². The maximum Gasteiger partial charge on any atom is 0.508 e. The van der Waals surface area contributed by atoms with E-state index in [-0.39, 0.29) is 0 Å². The number of rotatable bonds is 8. The van der Waals surface area contributed by atoms with E-state index in [1.54, 1.807) is 41.5 Å². The summed E-state index contributed by atoms with van der Waals surface area (Å²) in [5.41, 5.74) is -1.66. The molecule has 1 fully saturated rings. The van der Waals surface area contributed by atoms with Crippen LogP contribution in [0.2, 0.25) is 0 Å². The predicted octanol–water partition coefficient (Wildman–Crippen LogP) is 0.143. The zero-order chi connectivity index (χ0) is 25.2. The molecule has 0 radical (unpaired) electrons. The van der Waals surface area contributed by atoms with Gasteiger partial charge >= 0.3 is 12.1 Å². The summed E-state index contributed by atoms with van der Waals surface area (Å²) in [6, 6.07) is 0. The predicted molar refractivity (Wildman–Crippen MR) is 108 cm³/mol. The van der Waals surface area contributed by atoms with Crippen molar-refractivity contribution in [2.45, 2.75) is 103 Å². The molecule has 0 aliphatic carbocycles. The minimum absolute atomic E-state index is 0.733. The molecule has 12 heteroatoms. The van der Waals surface area contributed by atoms with Gasteiger partial charge in [-0.25, -0.2) is 9.59 Å². The van der Waals surface area contributed by atoms with Crippen molar-refractivity contribution in [1.29, 1.82) is 0 Å². The molecule has 1 heterocycles. The smallest absolute Gasteiger partial charge is 0.479 e. The molecule has 12 nitrogen and oxygen atoms in total. The highest BCUT2D eigenvalue weighted by molar-refractivity contribution is 5.73. The third kappa shape index (κ3) is 7.51. The lowest BCUT2D eigenvalue weighted by atomic mass is 9.71. The Balaban J connectivity index is 3.07. The van der Waals surface area contributed by atoms with E-state index in [1.165, 1.54) is 6.92 Å². The summed E-state index contributed by atoms with van der Waals surface area (Å²) >= 11 is 0. The SMILES string of the molecule is C[C@H](OC1OC(C(=O)O)C(C(C)(C)C)C(O)[C@H]1O)C(O)C(OC(C)(C)C)[C@@H](O)OC(=O)O. The first kappa shape index (κ1) is 28.5. The van der Waals surface area contributed by atoms with E-state index in [0.29, 0.717) is 0 Å². The Morgan fingerprint density at radius 1 is 0.969 bits per heavy atom. The van der Waals surface area contributed by atoms with Gasteiger partial charge in [0.1, 0.15) is 18.3 Å². The van der Waals surface area contributed by atoms with E-state index in [1.807, 2.05) is 0 Å². The second-order valence-electron chi connectivity index (χ2n) is 9.94. The van der Waals surface area contributed by atoms with Gasteiger partial charge < -0.3 is 49.6 Å². The molecule has 0 aromatic heterocycles. The Bertz CT molecular complexity index is 639. The van der Waals surface area contributed by atoms with Crippen molar-refractivity contribution in [2.75, 3.05) is 0 Å². The van der Waals surface area contributed by atoms with Crippen LogP contribution in [0.3, 0.4) is 0 Å². The second-order valence-corrected chi connectivity index (χ2v) is 9.94. The van der Waals surface area contributed by atoms with Gasteiger partial charge in [-0.15, -0.1) is 0 Å². The van der Waals surface area contributed by atoms with Gasteiger partial charge in [-0.3, -0.25) is 0 Å². The molecule has 9 atom stereocenters. The van der Waals surface area contributed by atoms with Gasteiger partial charge in [0.05, 0.1) is 17.8 Å². The quantitative estimate of drug-likeness (QED) is 0.209. The van der Waals surface area contributed by atoms with Crippen molar-refractivity contribution >= 4 is 12.1 Å². The van der Waals surface area contributed by atoms with Gasteiger partial charge in [-0.05, 0) is 33.1 Å². The first-order valence-electron chi connectivity index (χ1n) is 10.2. The summed E-state index contributed by atoms with van der Waals surface area (Å²) in [5, 5.41) is 60.1. The van der Waals surface area contributed by atoms with E-state index >= 15 is 0 Å². The number of hydrogen-bond donors (Lipinski definition) is 6. The molecule has 0 saturated carbocycles. The minimum atomic E-state index is -2.08. The average Bonchev–Trinajstić information content (AvgIpc) is 2.59. The zero-order valence-corrected chi connectivity index (χ0v) is 19.3. The fourth-order valence-electron chi connectivity index (χ4n) is 3.59. The third-order valence-electron chi connectivity index (χ3n) is 5.01. The Labute approximate surface area is 186 Å². The van der Waals surface area contributed by atoms with Crippen molar-refractivity contribution in [3.8, 4) is 0 Å². The van der Waals surface area contributed by atoms with Crippen LogP contribution >= 0.6 is 0 Å². The van der Waals surface area contributed by atoms with Gasteiger partial charge in [0, 0.05) is 5.92 Å². The van der Waals surface area contributed by atoms with Crippen LogP contribution in [0, 0.1) is 11.3 Å². The Hall–Kier alpha value is -1.54. The lowest BCUT2D eigenvalue weighted by Gasteiger charge is -2.47. The van der Waals surface area contributed by atoms with Crippen LogP contribution in [-0.2, 0) is 23.7 Å². The summed E-state index contributed by atoms with van der Waals surface area (Å²) in [7, 11) is 0. The van der Waals surface area contributed by atoms with Gasteiger partial charge in [-0.2, -0.15) is 0 Å². The molecule has 0 aromatic carbocycles. The number of hydrogen-bond acceptors (Lipinski definition) is 10. The van der Waals surface area contributed by atoms with Gasteiger partial charge in [-0.1, -0.05) is 20.8 Å². The first-order valence-corrected chi connectivity index (χ1v) is 10.2. The molecule has 0 amide bonds. The van der Waals surface area contributed by atoms with Crippen molar-refractivity contribution < 1.29 is 59.2 Å². The molecule has 1 saturated heterocycles. The van der Waals surface area contributed by atoms with Crippen molar-refractivity contribution in [2.24, 2.45) is 11.3 Å². The van der Waals surface area contributed by atoms with Crippen LogP contribution < -0.4 is 0 Å². The molecule has 32 heavy (non-hydrogen) atoms. The molecule has 0 spiro atoms. The maximum absolute atomic E-state index is 11.7. The van der Waals surface area contributed by atoms with Crippen molar-refractivity contribution in [1.82, 2.24) is 0 Å². The number of carboxylic acids is 1. The number of ether oxygens (including phenoxy) is 4. The minimum Gasteiger partial charge on any atom is -0.479 e. The topological polar surface area (TPSA) is 192 Å². The monoisotopic (exact) mass is 468 g/mol. The number of aliphatic hydroxyl groups is 4. The molecule has 188 valence electrons. The van der Waals surface area contributed by atoms with E-state index in [4.69, 9.17) is 19.3 Å². The largest absolute Gasteiger partial charge is 0.508 e. The van der Waals surface area contributed by atoms with Crippen LogP contribution in [0.1, 0.15) is 48.5 Å². The highest BCUT2D eigenvalue weighted by atomic mass is 16.7. The summed E-state index contributed by atoms with van der Waals surface area (Å²) in [6.07, 6.45) is -14.7. The third-order valence-corrected chi connectivity index (χ3v) is 5.01. The molecule has 1 rings (SSSR count). The van der Waals surface area contributed by atoms with Crippen LogP contribution in [0.5, 0.6) is 0 Å². The van der Waals surface area contributed by atoms with Crippen molar-refractivity contribution in [3.05, 3.63) is 0 Å². The molecular weight excluding hydrogens is 432 g/mol. The molecule has 6 unspecified atom stereocenters. The first-order chi connectivity index (χ1) is 14.4. The maximum atomic E-state index is 11.7. The van der Waals surface area contributed by atoms with E-state index in [0.717, 1.165) is 0 Å². The van der Waals surface area contributed by atoms with Crippen LogP contribution in [0.25, 0.3) is 0 Å². The second kappa shape index (κ2) is 10.6. The Morgan fingerprint density at radius 2 is 1.50 bits per heavy atom. The summed E-state index contributed by atoms with van der Waals surface area (Å²) < 4.78 is 20.7. The highest BCUT2D eigenvalue weighted by Gasteiger charge is 2.53. The standard InChI is InChI=1S/C20H36O12/c1-8(10(21)14(32-20(5,6)7)16(26)31-18(27)28)29-17-12(23)11(22)9(19(2,3)4)13(30-17)15(24)25/h8-14,16-17,21-23,26H,1-7H3,(H,24,25)(H,27,28)/t8-,9?,10?,11?,12+,13?,14?,16-,17?/m0/s1. The van der Waals surface area contributed by atoms with E-state index < -0.39 is 78.3 Å². The Morgan fingerprint density at radius 3 is 1.91 bits per heavy atom. The van der Waals surface area contributed by atoms with Crippen LogP contribution in [0.15, 0.2) is 0 Å². The van der Waals surface area contributed by atoms with E-state index in [2.05, 4.69) is 4.74 Å². The molecule has 1 aliphatic rings. The van der Waals surface area contributed by atoms with Gasteiger partial charge in [0.15, 0.2) is 12.4 Å². The molecule has 6 N–H and O–H groups in total. The molecule has 0 aromatic rings. The fraction of sp³-hybridized carbons (Fsp3) is 0.900. The van der Waals surface area contributed by atoms with Crippen LogP contribution in [0.4, 0.5) is 4.79 Å². The number of aliphatic carboxylic acids is 1. The normalized spacial score (nSPS) is 30.8. The molecule has 1 aliphatic heterocycles. The zero-order valence-electron chi connectivity index (χ0n) is 19.3. The molecule has 0 bridgehead atoms. The summed E-state index contributed by atoms with van der Waals surface area (Å²) in [6.45, 7) is 11.2. The van der Waals surface area contributed by atoms with Gasteiger partial charge in [0.25, 0.3) is 0 Å². The lowest BCUT2D eigenvalue weighted by molar-refractivity contribution is -0.317. The number of carbonyl (C=O) groups is 2. The number of aliphatic hydroxyl groups excluding tert-OH is 4. The van der Waals surface area contributed by atoms with Crippen molar-refractivity contribution in [3.63, 3.8) is 0 Å².